The van der Waals surface area contributed by atoms with E-state index in [1.54, 1.807) is 0 Å². The largest absolute Gasteiger partial charge is 0.341 e. The van der Waals surface area contributed by atoms with E-state index in [-0.39, 0.29) is 10.9 Å². The van der Waals surface area contributed by atoms with Crippen molar-refractivity contribution in [2.75, 3.05) is 6.54 Å². The number of nitrogens with two attached hydrogens (primary N) is 1. The van der Waals surface area contributed by atoms with Crippen LogP contribution in [0, 0.1) is 11.6 Å². The maximum Gasteiger partial charge on any atom is 0.186 e. The molecule has 0 amide bonds. The van der Waals surface area contributed by atoms with Crippen molar-refractivity contribution >= 4 is 11.0 Å². The van der Waals surface area contributed by atoms with Gasteiger partial charge in [0, 0.05) is 12.0 Å². The van der Waals surface area contributed by atoms with Gasteiger partial charge in [0.25, 0.3) is 0 Å². The maximum atomic E-state index is 13.5. The molecule has 1 aliphatic rings. The first-order valence-corrected chi connectivity index (χ1v) is 5.70. The van der Waals surface area contributed by atoms with Gasteiger partial charge in [-0.15, -0.1) is 0 Å². The zero-order valence-corrected chi connectivity index (χ0v) is 9.26. The summed E-state index contributed by atoms with van der Waals surface area (Å²) in [5.74, 6) is -1.08. The highest BCUT2D eigenvalue weighted by atomic mass is 19.2. The molecule has 0 atom stereocenters. The molecule has 3 nitrogen and oxygen atoms in total. The van der Waals surface area contributed by atoms with Gasteiger partial charge >= 0.3 is 0 Å². The summed E-state index contributed by atoms with van der Waals surface area (Å²) >= 11 is 0. The monoisotopic (exact) mass is 237 g/mol. The summed E-state index contributed by atoms with van der Waals surface area (Å²) < 4.78 is 26.6. The van der Waals surface area contributed by atoms with E-state index < -0.39 is 11.6 Å². The van der Waals surface area contributed by atoms with Crippen LogP contribution in [0.3, 0.4) is 0 Å². The number of nitrogens with one attached hydrogen (secondary N) is 1. The summed E-state index contributed by atoms with van der Waals surface area (Å²) in [7, 11) is 0. The topological polar surface area (TPSA) is 54.7 Å². The Hall–Kier alpha value is -1.49. The number of hydrogen-bond acceptors (Lipinski definition) is 2. The van der Waals surface area contributed by atoms with Crippen molar-refractivity contribution < 1.29 is 8.78 Å². The molecule has 1 heterocycles. The van der Waals surface area contributed by atoms with E-state index in [2.05, 4.69) is 9.97 Å². The lowest BCUT2D eigenvalue weighted by Crippen LogP contribution is -2.42. The number of benzene rings is 1. The van der Waals surface area contributed by atoms with Crippen molar-refractivity contribution in [2.45, 2.75) is 24.7 Å². The van der Waals surface area contributed by atoms with Crippen molar-refractivity contribution in [2.24, 2.45) is 5.73 Å². The van der Waals surface area contributed by atoms with Crippen molar-refractivity contribution in [1.29, 1.82) is 0 Å². The summed E-state index contributed by atoms with van der Waals surface area (Å²) in [6.45, 7) is 0.483. The van der Waals surface area contributed by atoms with E-state index in [1.165, 1.54) is 6.07 Å². The van der Waals surface area contributed by atoms with Gasteiger partial charge in [-0.25, -0.2) is 13.8 Å². The second kappa shape index (κ2) is 3.50. The summed E-state index contributed by atoms with van der Waals surface area (Å²) in [5.41, 5.74) is 6.19. The van der Waals surface area contributed by atoms with E-state index in [9.17, 15) is 8.78 Å². The number of hydrogen-bond donors (Lipinski definition) is 2. The molecular formula is C12H13F2N3. The third-order valence-electron chi connectivity index (χ3n) is 3.75. The van der Waals surface area contributed by atoms with Crippen LogP contribution in [0.4, 0.5) is 8.78 Å². The average molecular weight is 237 g/mol. The van der Waals surface area contributed by atoms with Gasteiger partial charge in [0.2, 0.25) is 0 Å². The molecule has 0 spiro atoms. The second-order valence-electron chi connectivity index (χ2n) is 4.68. The number of imidazole rings is 1. The molecule has 2 aromatic rings. The van der Waals surface area contributed by atoms with Crippen LogP contribution in [0.15, 0.2) is 12.1 Å². The third-order valence-corrected chi connectivity index (χ3v) is 3.75. The van der Waals surface area contributed by atoms with E-state index in [0.717, 1.165) is 25.3 Å². The Morgan fingerprint density at radius 2 is 2.12 bits per heavy atom. The Labute approximate surface area is 97.0 Å². The van der Waals surface area contributed by atoms with Crippen LogP contribution in [-0.4, -0.2) is 16.5 Å². The molecule has 1 aliphatic carbocycles. The summed E-state index contributed by atoms with van der Waals surface area (Å²) in [5, 5.41) is 0. The average Bonchev–Trinajstić information content (AvgIpc) is 2.68. The van der Waals surface area contributed by atoms with Crippen LogP contribution in [0.5, 0.6) is 0 Å². The molecule has 5 heteroatoms. The summed E-state index contributed by atoms with van der Waals surface area (Å²) in [6.07, 6.45) is 3.01. The highest BCUT2D eigenvalue weighted by molar-refractivity contribution is 5.76. The highest BCUT2D eigenvalue weighted by Crippen LogP contribution is 2.42. The van der Waals surface area contributed by atoms with Crippen LogP contribution in [0.2, 0.25) is 0 Å². The molecule has 0 bridgehead atoms. The fraction of sp³-hybridized carbons (Fsp3) is 0.417. The number of fused-ring (bicyclic) bond motifs is 1. The molecular weight excluding hydrogens is 224 g/mol. The zero-order valence-electron chi connectivity index (χ0n) is 9.26. The minimum Gasteiger partial charge on any atom is -0.341 e. The number of rotatable bonds is 2. The van der Waals surface area contributed by atoms with Gasteiger partial charge < -0.3 is 10.7 Å². The molecule has 90 valence electrons. The van der Waals surface area contributed by atoms with Crippen molar-refractivity contribution in [1.82, 2.24) is 9.97 Å². The van der Waals surface area contributed by atoms with Crippen molar-refractivity contribution in [3.8, 4) is 0 Å². The van der Waals surface area contributed by atoms with Gasteiger partial charge in [-0.3, -0.25) is 0 Å². The summed E-state index contributed by atoms with van der Waals surface area (Å²) in [4.78, 5) is 7.25. The van der Waals surface area contributed by atoms with Crippen molar-refractivity contribution in [3.05, 3.63) is 29.6 Å². The Morgan fingerprint density at radius 1 is 1.35 bits per heavy atom. The molecule has 1 aromatic carbocycles. The molecule has 1 saturated carbocycles. The number of halogens is 2. The molecule has 17 heavy (non-hydrogen) atoms. The molecule has 3 rings (SSSR count). The van der Waals surface area contributed by atoms with E-state index in [0.29, 0.717) is 17.9 Å². The molecule has 3 N–H and O–H groups in total. The second-order valence-corrected chi connectivity index (χ2v) is 4.68. The molecule has 1 fully saturated rings. The fourth-order valence-electron chi connectivity index (χ4n) is 2.41. The standard InChI is InChI=1S/C12H13F2N3/c13-7-2-3-8-10(9(7)14)17-11(16-8)12(6-15)4-1-5-12/h2-3H,1,4-6,15H2,(H,16,17). The first-order valence-electron chi connectivity index (χ1n) is 5.70. The molecule has 0 aliphatic heterocycles. The van der Waals surface area contributed by atoms with Gasteiger partial charge in [0.05, 0.1) is 5.52 Å². The predicted octanol–water partition coefficient (Wildman–Crippen LogP) is 2.22. The zero-order chi connectivity index (χ0) is 12.0. The Kier molecular flexibility index (Phi) is 2.19. The summed E-state index contributed by atoms with van der Waals surface area (Å²) in [6, 6.07) is 2.61. The molecule has 0 saturated heterocycles. The van der Waals surface area contributed by atoms with Crippen LogP contribution in [0.1, 0.15) is 25.1 Å². The fourth-order valence-corrected chi connectivity index (χ4v) is 2.41. The third kappa shape index (κ3) is 1.38. The minimum atomic E-state index is -0.892. The van der Waals surface area contributed by atoms with Gasteiger partial charge in [-0.1, -0.05) is 6.42 Å². The van der Waals surface area contributed by atoms with Gasteiger partial charge in [-0.2, -0.15) is 0 Å². The first-order chi connectivity index (χ1) is 8.16. The SMILES string of the molecule is NCC1(c2nc3c(F)c(F)ccc3[nH]2)CCC1. The van der Waals surface area contributed by atoms with E-state index in [1.807, 2.05) is 0 Å². The highest BCUT2D eigenvalue weighted by Gasteiger charge is 2.40. The van der Waals surface area contributed by atoms with Gasteiger partial charge in [0.15, 0.2) is 11.6 Å². The van der Waals surface area contributed by atoms with Crippen molar-refractivity contribution in [3.63, 3.8) is 0 Å². The smallest absolute Gasteiger partial charge is 0.186 e. The van der Waals surface area contributed by atoms with Crippen LogP contribution >= 0.6 is 0 Å². The van der Waals surface area contributed by atoms with Gasteiger partial charge in [0.1, 0.15) is 11.3 Å². The lowest BCUT2D eigenvalue weighted by molar-refractivity contribution is 0.240. The number of aromatic amines is 1. The molecule has 0 radical (unpaired) electrons. The van der Waals surface area contributed by atoms with E-state index in [4.69, 9.17) is 5.73 Å². The lowest BCUT2D eigenvalue weighted by Gasteiger charge is -2.38. The molecule has 0 unspecified atom stereocenters. The number of H-pyrrole nitrogens is 1. The maximum absolute atomic E-state index is 13.5. The van der Waals surface area contributed by atoms with Crippen LogP contribution < -0.4 is 5.73 Å². The van der Waals surface area contributed by atoms with E-state index >= 15 is 0 Å². The van der Waals surface area contributed by atoms with Crippen LogP contribution in [-0.2, 0) is 5.41 Å². The van der Waals surface area contributed by atoms with Crippen LogP contribution in [0.25, 0.3) is 11.0 Å². The first kappa shape index (κ1) is 10.7. The Balaban J connectivity index is 2.17. The molecule has 1 aromatic heterocycles. The van der Waals surface area contributed by atoms with Gasteiger partial charge in [-0.05, 0) is 25.0 Å². The minimum absolute atomic E-state index is 0.0692. The quantitative estimate of drug-likeness (QED) is 0.841. The Bertz CT molecular complexity index is 567. The normalized spacial score (nSPS) is 18.3. The number of nitrogens with zero attached hydrogens (tertiary/aromatic N) is 1. The lowest BCUT2D eigenvalue weighted by atomic mass is 9.68. The predicted molar refractivity (Wildman–Crippen MR) is 60.6 cm³/mol. The number of aromatic nitrogens is 2. The Morgan fingerprint density at radius 3 is 2.71 bits per heavy atom.